The first kappa shape index (κ1) is 19.4. The van der Waals surface area contributed by atoms with E-state index < -0.39 is 5.91 Å². The molecule has 0 atom stereocenters. The minimum atomic E-state index is -0.469. The first-order chi connectivity index (χ1) is 14.5. The van der Waals surface area contributed by atoms with Crippen molar-refractivity contribution in [3.05, 3.63) is 106 Å². The fourth-order valence-electron chi connectivity index (χ4n) is 3.42. The van der Waals surface area contributed by atoms with Gasteiger partial charge in [-0.1, -0.05) is 24.3 Å². The van der Waals surface area contributed by atoms with Crippen molar-refractivity contribution in [2.24, 2.45) is 0 Å². The van der Waals surface area contributed by atoms with Crippen LogP contribution in [-0.4, -0.2) is 15.5 Å². The zero-order chi connectivity index (χ0) is 21.1. The lowest BCUT2D eigenvalue weighted by atomic mass is 10.1. The molecular weight excluding hydrogens is 378 g/mol. The number of nitrogens with zero attached hydrogens (tertiary/aromatic N) is 2. The van der Waals surface area contributed by atoms with E-state index in [1.165, 1.54) is 6.07 Å². The zero-order valence-corrected chi connectivity index (χ0v) is 16.8. The summed E-state index contributed by atoms with van der Waals surface area (Å²) in [5.41, 5.74) is 2.98. The summed E-state index contributed by atoms with van der Waals surface area (Å²) in [6.07, 6.45) is 3.24. The van der Waals surface area contributed by atoms with Crippen LogP contribution in [0.15, 0.2) is 82.3 Å². The van der Waals surface area contributed by atoms with Gasteiger partial charge in [0.2, 0.25) is 0 Å². The molecule has 1 aromatic carbocycles. The number of hydrogen-bond donors (Lipinski definition) is 1. The number of hydrogen-bond acceptors (Lipinski definition) is 4. The lowest BCUT2D eigenvalue weighted by Crippen LogP contribution is -2.27. The highest BCUT2D eigenvalue weighted by molar-refractivity contribution is 6.08. The minimum absolute atomic E-state index is 0.0501. The highest BCUT2D eigenvalue weighted by Crippen LogP contribution is 2.24. The molecule has 4 rings (SSSR count). The van der Waals surface area contributed by atoms with Crippen molar-refractivity contribution in [3.63, 3.8) is 0 Å². The van der Waals surface area contributed by atoms with Crippen LogP contribution in [0, 0.1) is 13.8 Å². The van der Waals surface area contributed by atoms with Crippen molar-refractivity contribution in [1.29, 1.82) is 0 Å². The Morgan fingerprint density at radius 2 is 1.87 bits per heavy atom. The number of aryl methyl sites for hydroxylation is 2. The summed E-state index contributed by atoms with van der Waals surface area (Å²) in [5, 5.41) is 2.88. The lowest BCUT2D eigenvalue weighted by molar-refractivity contribution is 0.102. The van der Waals surface area contributed by atoms with Gasteiger partial charge in [-0.2, -0.15) is 0 Å². The van der Waals surface area contributed by atoms with Gasteiger partial charge in [-0.25, -0.2) is 0 Å². The molecule has 0 unspecified atom stereocenters. The summed E-state index contributed by atoms with van der Waals surface area (Å²) >= 11 is 0. The van der Waals surface area contributed by atoms with Gasteiger partial charge in [0.15, 0.2) is 5.43 Å². The number of aromatic nitrogens is 2. The summed E-state index contributed by atoms with van der Waals surface area (Å²) in [6.45, 7) is 4.11. The number of benzene rings is 1. The molecule has 6 heteroatoms. The van der Waals surface area contributed by atoms with Crippen molar-refractivity contribution in [3.8, 4) is 11.4 Å². The second-order valence-electron chi connectivity index (χ2n) is 7.02. The third kappa shape index (κ3) is 3.80. The fraction of sp³-hybridized carbons (Fsp3) is 0.125. The third-order valence-electron chi connectivity index (χ3n) is 4.94. The molecule has 0 fully saturated rings. The number of anilines is 1. The summed E-state index contributed by atoms with van der Waals surface area (Å²) < 4.78 is 7.39. The molecule has 0 bridgehead atoms. The first-order valence-electron chi connectivity index (χ1n) is 9.60. The summed E-state index contributed by atoms with van der Waals surface area (Å²) in [4.78, 5) is 30.7. The van der Waals surface area contributed by atoms with Crippen molar-refractivity contribution in [1.82, 2.24) is 9.55 Å². The van der Waals surface area contributed by atoms with Gasteiger partial charge < -0.3 is 14.3 Å². The second kappa shape index (κ2) is 8.21. The maximum atomic E-state index is 13.3. The van der Waals surface area contributed by atoms with Crippen LogP contribution in [0.5, 0.6) is 0 Å². The molecule has 0 aliphatic carbocycles. The SMILES string of the molecule is Cc1ccccc1NC(=O)c1c(-c2ccccn2)n(Cc2ccco2)c(C)cc1=O. The number of para-hydroxylation sites is 1. The van der Waals surface area contributed by atoms with Gasteiger partial charge in [0.05, 0.1) is 24.2 Å². The molecule has 1 amide bonds. The maximum absolute atomic E-state index is 13.3. The van der Waals surface area contributed by atoms with Gasteiger partial charge in [0, 0.05) is 23.6 Å². The molecule has 4 aromatic rings. The molecule has 0 radical (unpaired) electrons. The Labute approximate surface area is 173 Å². The molecule has 30 heavy (non-hydrogen) atoms. The van der Waals surface area contributed by atoms with Gasteiger partial charge in [-0.3, -0.25) is 14.6 Å². The molecule has 3 heterocycles. The van der Waals surface area contributed by atoms with Crippen molar-refractivity contribution >= 4 is 11.6 Å². The van der Waals surface area contributed by atoms with E-state index in [0.717, 1.165) is 5.56 Å². The molecule has 3 aromatic heterocycles. The van der Waals surface area contributed by atoms with E-state index in [4.69, 9.17) is 4.42 Å². The predicted molar refractivity (Wildman–Crippen MR) is 116 cm³/mol. The number of carbonyl (C=O) groups excluding carboxylic acids is 1. The maximum Gasteiger partial charge on any atom is 0.261 e. The Morgan fingerprint density at radius 3 is 2.57 bits per heavy atom. The number of pyridine rings is 2. The van der Waals surface area contributed by atoms with E-state index in [1.807, 2.05) is 54.8 Å². The Morgan fingerprint density at radius 1 is 1.07 bits per heavy atom. The van der Waals surface area contributed by atoms with E-state index >= 15 is 0 Å². The van der Waals surface area contributed by atoms with Crippen LogP contribution in [0.25, 0.3) is 11.4 Å². The van der Waals surface area contributed by atoms with Gasteiger partial charge >= 0.3 is 0 Å². The number of amides is 1. The molecule has 0 saturated heterocycles. The summed E-state index contributed by atoms with van der Waals surface area (Å²) in [5.74, 6) is 0.243. The van der Waals surface area contributed by atoms with Crippen LogP contribution < -0.4 is 10.7 Å². The van der Waals surface area contributed by atoms with E-state index in [0.29, 0.717) is 35.1 Å². The average Bonchev–Trinajstić information content (AvgIpc) is 3.25. The lowest BCUT2D eigenvalue weighted by Gasteiger charge is -2.19. The van der Waals surface area contributed by atoms with E-state index in [9.17, 15) is 9.59 Å². The molecule has 0 spiro atoms. The largest absolute Gasteiger partial charge is 0.467 e. The van der Waals surface area contributed by atoms with Crippen LogP contribution in [-0.2, 0) is 6.54 Å². The Balaban J connectivity index is 1.90. The van der Waals surface area contributed by atoms with Crippen molar-refractivity contribution < 1.29 is 9.21 Å². The summed E-state index contributed by atoms with van der Waals surface area (Å²) in [6, 6.07) is 18.0. The quantitative estimate of drug-likeness (QED) is 0.539. The Bertz CT molecular complexity index is 1240. The summed E-state index contributed by atoms with van der Waals surface area (Å²) in [7, 11) is 0. The second-order valence-corrected chi connectivity index (χ2v) is 7.02. The van der Waals surface area contributed by atoms with E-state index in [2.05, 4.69) is 10.3 Å². The third-order valence-corrected chi connectivity index (χ3v) is 4.94. The molecule has 150 valence electrons. The van der Waals surface area contributed by atoms with Gasteiger partial charge in [-0.15, -0.1) is 0 Å². The van der Waals surface area contributed by atoms with Gasteiger partial charge in [-0.05, 0) is 49.7 Å². The molecule has 0 aliphatic rings. The number of nitrogens with one attached hydrogen (secondary N) is 1. The monoisotopic (exact) mass is 399 g/mol. The fourth-order valence-corrected chi connectivity index (χ4v) is 3.42. The molecule has 0 saturated carbocycles. The van der Waals surface area contributed by atoms with Crippen LogP contribution in [0.3, 0.4) is 0 Å². The van der Waals surface area contributed by atoms with Crippen LogP contribution >= 0.6 is 0 Å². The van der Waals surface area contributed by atoms with Gasteiger partial charge in [0.1, 0.15) is 11.3 Å². The highest BCUT2D eigenvalue weighted by atomic mass is 16.3. The number of rotatable bonds is 5. The molecule has 1 N–H and O–H groups in total. The Kier molecular flexibility index (Phi) is 5.30. The molecular formula is C24H21N3O3. The average molecular weight is 399 g/mol. The first-order valence-corrected chi connectivity index (χ1v) is 9.60. The smallest absolute Gasteiger partial charge is 0.261 e. The number of carbonyl (C=O) groups is 1. The zero-order valence-electron chi connectivity index (χ0n) is 16.8. The van der Waals surface area contributed by atoms with Crippen molar-refractivity contribution in [2.75, 3.05) is 5.32 Å². The normalized spacial score (nSPS) is 10.7. The highest BCUT2D eigenvalue weighted by Gasteiger charge is 2.23. The van der Waals surface area contributed by atoms with Crippen LogP contribution in [0.4, 0.5) is 5.69 Å². The van der Waals surface area contributed by atoms with Crippen molar-refractivity contribution in [2.45, 2.75) is 20.4 Å². The predicted octanol–water partition coefficient (Wildman–Crippen LogP) is 4.42. The topological polar surface area (TPSA) is 77.1 Å². The van der Waals surface area contributed by atoms with E-state index in [-0.39, 0.29) is 11.0 Å². The molecule has 6 nitrogen and oxygen atoms in total. The van der Waals surface area contributed by atoms with Crippen LogP contribution in [0.2, 0.25) is 0 Å². The molecule has 0 aliphatic heterocycles. The number of furan rings is 1. The van der Waals surface area contributed by atoms with Crippen LogP contribution in [0.1, 0.15) is 27.4 Å². The Hall–Kier alpha value is -3.93. The minimum Gasteiger partial charge on any atom is -0.467 e. The standard InChI is InChI=1S/C24H21N3O3/c1-16-8-3-4-10-19(16)26-24(29)22-21(28)14-17(2)27(15-18-9-7-13-30-18)23(22)20-11-5-6-12-25-20/h3-14H,15H2,1-2H3,(H,26,29). The van der Waals surface area contributed by atoms with E-state index in [1.54, 1.807) is 30.7 Å². The van der Waals surface area contributed by atoms with Gasteiger partial charge in [0.25, 0.3) is 5.91 Å².